The van der Waals surface area contributed by atoms with Crippen molar-refractivity contribution in [1.29, 1.82) is 0 Å². The van der Waals surface area contributed by atoms with Gasteiger partial charge >= 0.3 is 0 Å². The minimum atomic E-state index is -0.106. The van der Waals surface area contributed by atoms with Crippen LogP contribution < -0.4 is 10.6 Å². The average molecular weight is 356 g/mol. The first kappa shape index (κ1) is 15.0. The highest BCUT2D eigenvalue weighted by Gasteiger charge is 2.05. The summed E-state index contributed by atoms with van der Waals surface area (Å²) in [5.41, 5.74) is 1.51. The van der Waals surface area contributed by atoms with E-state index in [-0.39, 0.29) is 5.91 Å². The molecule has 0 radical (unpaired) electrons. The lowest BCUT2D eigenvalue weighted by Crippen LogP contribution is -2.26. The minimum absolute atomic E-state index is 0.106. The van der Waals surface area contributed by atoms with Gasteiger partial charge in [-0.05, 0) is 40.2 Å². The van der Waals surface area contributed by atoms with E-state index in [0.717, 1.165) is 14.6 Å². The Balaban J connectivity index is 1.94. The molecule has 1 amide bonds. The first-order valence-corrected chi connectivity index (χ1v) is 7.55. The van der Waals surface area contributed by atoms with E-state index < -0.39 is 0 Å². The fraction of sp³-hybridized carbons (Fsp3) is 0.231. The molecule has 0 unspecified atom stereocenters. The maximum absolute atomic E-state index is 11.8. The number of rotatable bonds is 6. The van der Waals surface area contributed by atoms with Crippen molar-refractivity contribution in [3.63, 3.8) is 0 Å². The molecule has 1 heterocycles. The molecule has 0 aliphatic heterocycles. The molecular formula is C13H14BrN3O2S. The Morgan fingerprint density at radius 2 is 2.15 bits per heavy atom. The van der Waals surface area contributed by atoms with E-state index in [4.69, 9.17) is 4.74 Å². The van der Waals surface area contributed by atoms with E-state index in [9.17, 15) is 4.79 Å². The van der Waals surface area contributed by atoms with Gasteiger partial charge in [0.2, 0.25) is 0 Å². The predicted molar refractivity (Wildman–Crippen MR) is 83.7 cm³/mol. The van der Waals surface area contributed by atoms with Gasteiger partial charge in [0.05, 0.1) is 16.6 Å². The minimum Gasteiger partial charge on any atom is -0.383 e. The van der Waals surface area contributed by atoms with Crippen LogP contribution in [0.5, 0.6) is 0 Å². The highest BCUT2D eigenvalue weighted by atomic mass is 79.9. The number of hydrogen-bond donors (Lipinski definition) is 2. The van der Waals surface area contributed by atoms with Gasteiger partial charge < -0.3 is 15.4 Å². The number of aromatic nitrogens is 1. The second kappa shape index (κ2) is 7.37. The first-order valence-electron chi connectivity index (χ1n) is 5.94. The SMILES string of the molecule is COCCNC(=O)c1ccc(Nc2ncc(Br)s2)cc1. The summed E-state index contributed by atoms with van der Waals surface area (Å²) in [4.78, 5) is 16.0. The highest BCUT2D eigenvalue weighted by Crippen LogP contribution is 2.26. The number of halogens is 1. The molecule has 0 bridgehead atoms. The molecular weight excluding hydrogens is 342 g/mol. The average Bonchev–Trinajstić information content (AvgIpc) is 2.85. The third-order valence-electron chi connectivity index (χ3n) is 2.47. The van der Waals surface area contributed by atoms with Gasteiger partial charge in [-0.2, -0.15) is 0 Å². The normalized spacial score (nSPS) is 10.3. The molecule has 0 saturated heterocycles. The van der Waals surface area contributed by atoms with E-state index in [0.29, 0.717) is 18.7 Å². The van der Waals surface area contributed by atoms with E-state index in [1.54, 1.807) is 25.4 Å². The van der Waals surface area contributed by atoms with Gasteiger partial charge in [-0.3, -0.25) is 4.79 Å². The Morgan fingerprint density at radius 1 is 1.40 bits per heavy atom. The Morgan fingerprint density at radius 3 is 2.75 bits per heavy atom. The van der Waals surface area contributed by atoms with Gasteiger partial charge in [0, 0.05) is 24.9 Å². The summed E-state index contributed by atoms with van der Waals surface area (Å²) in [6.07, 6.45) is 1.74. The molecule has 0 aliphatic carbocycles. The Hall–Kier alpha value is -1.44. The molecule has 1 aromatic heterocycles. The van der Waals surface area contributed by atoms with Crippen LogP contribution in [0.1, 0.15) is 10.4 Å². The number of benzene rings is 1. The van der Waals surface area contributed by atoms with Crippen molar-refractivity contribution < 1.29 is 9.53 Å². The summed E-state index contributed by atoms with van der Waals surface area (Å²) in [7, 11) is 1.60. The summed E-state index contributed by atoms with van der Waals surface area (Å²) in [5.74, 6) is -0.106. The van der Waals surface area contributed by atoms with E-state index in [1.807, 2.05) is 12.1 Å². The molecule has 2 rings (SSSR count). The smallest absolute Gasteiger partial charge is 0.251 e. The number of hydrogen-bond acceptors (Lipinski definition) is 5. The number of thiazole rings is 1. The molecule has 0 atom stereocenters. The number of anilines is 2. The van der Waals surface area contributed by atoms with E-state index in [1.165, 1.54) is 11.3 Å². The third-order valence-corrected chi connectivity index (χ3v) is 3.86. The van der Waals surface area contributed by atoms with Crippen molar-refractivity contribution in [1.82, 2.24) is 10.3 Å². The number of methoxy groups -OCH3 is 1. The summed E-state index contributed by atoms with van der Waals surface area (Å²) < 4.78 is 5.85. The monoisotopic (exact) mass is 355 g/mol. The van der Waals surface area contributed by atoms with Gasteiger partial charge in [-0.25, -0.2) is 4.98 Å². The maximum atomic E-state index is 11.8. The van der Waals surface area contributed by atoms with Gasteiger partial charge in [-0.1, -0.05) is 11.3 Å². The summed E-state index contributed by atoms with van der Waals surface area (Å²) >= 11 is 4.87. The molecule has 0 spiro atoms. The van der Waals surface area contributed by atoms with Crippen LogP contribution >= 0.6 is 27.3 Å². The molecule has 2 aromatic rings. The van der Waals surface area contributed by atoms with Crippen LogP contribution in [0.4, 0.5) is 10.8 Å². The van der Waals surface area contributed by atoms with Gasteiger partial charge in [0.15, 0.2) is 5.13 Å². The lowest BCUT2D eigenvalue weighted by molar-refractivity contribution is 0.0937. The largest absolute Gasteiger partial charge is 0.383 e. The Labute approximate surface area is 129 Å². The number of nitrogens with one attached hydrogen (secondary N) is 2. The van der Waals surface area contributed by atoms with Crippen molar-refractivity contribution in [2.24, 2.45) is 0 Å². The van der Waals surface area contributed by atoms with Crippen LogP contribution in [0.25, 0.3) is 0 Å². The highest BCUT2D eigenvalue weighted by molar-refractivity contribution is 9.11. The first-order chi connectivity index (χ1) is 9.69. The maximum Gasteiger partial charge on any atom is 0.251 e. The number of nitrogens with zero attached hydrogens (tertiary/aromatic N) is 1. The van der Waals surface area contributed by atoms with E-state index >= 15 is 0 Å². The Kier molecular flexibility index (Phi) is 5.51. The lowest BCUT2D eigenvalue weighted by atomic mass is 10.2. The third kappa shape index (κ3) is 4.29. The van der Waals surface area contributed by atoms with Crippen LogP contribution in [-0.4, -0.2) is 31.2 Å². The molecule has 2 N–H and O–H groups in total. The number of carbonyl (C=O) groups is 1. The lowest BCUT2D eigenvalue weighted by Gasteiger charge is -2.06. The number of amides is 1. The second-order valence-corrected chi connectivity index (χ2v) is 6.33. The van der Waals surface area contributed by atoms with Crippen molar-refractivity contribution in [2.45, 2.75) is 0 Å². The Bertz CT molecular complexity index is 571. The van der Waals surface area contributed by atoms with E-state index in [2.05, 4.69) is 31.5 Å². The molecule has 5 nitrogen and oxygen atoms in total. The summed E-state index contributed by atoms with van der Waals surface area (Å²) in [5, 5.41) is 6.74. The second-order valence-electron chi connectivity index (χ2n) is 3.92. The number of ether oxygens (including phenoxy) is 1. The number of carbonyl (C=O) groups excluding carboxylic acids is 1. The molecule has 0 aliphatic rings. The van der Waals surface area contributed by atoms with Gasteiger partial charge in [0.1, 0.15) is 0 Å². The molecule has 1 aromatic carbocycles. The van der Waals surface area contributed by atoms with Crippen molar-refractivity contribution in [3.05, 3.63) is 39.8 Å². The molecule has 0 fully saturated rings. The summed E-state index contributed by atoms with van der Waals surface area (Å²) in [6, 6.07) is 7.24. The molecule has 0 saturated carbocycles. The van der Waals surface area contributed by atoms with Crippen molar-refractivity contribution in [3.8, 4) is 0 Å². The zero-order valence-corrected chi connectivity index (χ0v) is 13.3. The van der Waals surface area contributed by atoms with Gasteiger partial charge in [-0.15, -0.1) is 0 Å². The molecule has 7 heteroatoms. The standard InChI is InChI=1S/C13H14BrN3O2S/c1-19-7-6-15-12(18)9-2-4-10(5-3-9)17-13-16-8-11(14)20-13/h2-5,8H,6-7H2,1H3,(H,15,18)(H,16,17). The topological polar surface area (TPSA) is 63.2 Å². The quantitative estimate of drug-likeness (QED) is 0.781. The van der Waals surface area contributed by atoms with Crippen LogP contribution in [0.3, 0.4) is 0 Å². The zero-order chi connectivity index (χ0) is 14.4. The zero-order valence-electron chi connectivity index (χ0n) is 10.9. The van der Waals surface area contributed by atoms with Crippen LogP contribution in [0, 0.1) is 0 Å². The summed E-state index contributed by atoms with van der Waals surface area (Å²) in [6.45, 7) is 1.01. The molecule has 20 heavy (non-hydrogen) atoms. The van der Waals surface area contributed by atoms with Crippen molar-refractivity contribution >= 4 is 44.0 Å². The van der Waals surface area contributed by atoms with Crippen molar-refractivity contribution in [2.75, 3.05) is 25.6 Å². The van der Waals surface area contributed by atoms with Crippen LogP contribution in [-0.2, 0) is 4.74 Å². The molecule has 106 valence electrons. The fourth-order valence-corrected chi connectivity index (χ4v) is 2.64. The van der Waals surface area contributed by atoms with Crippen LogP contribution in [0.2, 0.25) is 0 Å². The predicted octanol–water partition coefficient (Wildman–Crippen LogP) is 3.03. The van der Waals surface area contributed by atoms with Crippen LogP contribution in [0.15, 0.2) is 34.2 Å². The van der Waals surface area contributed by atoms with Gasteiger partial charge in [0.25, 0.3) is 5.91 Å². The fourth-order valence-electron chi connectivity index (χ4n) is 1.51.